The summed E-state index contributed by atoms with van der Waals surface area (Å²) in [6.45, 7) is 7.67. The van der Waals surface area contributed by atoms with Crippen LogP contribution in [0.3, 0.4) is 0 Å². The third-order valence-electron chi connectivity index (χ3n) is 5.44. The standard InChI is InChI=1S/C17H26N2O3/c1-11-14(12(2)22-18-11)9-19-7-8-20-17-15(19)5-6-16(17)21-10-13-3-4-13/h13,15-17H,3-10H2,1-2H3/t15-,16+,17+/m0/s1. The molecule has 3 fully saturated rings. The van der Waals surface area contributed by atoms with Gasteiger partial charge in [-0.25, -0.2) is 0 Å². The van der Waals surface area contributed by atoms with E-state index in [-0.39, 0.29) is 12.2 Å². The molecule has 0 amide bonds. The molecule has 3 aliphatic rings. The lowest BCUT2D eigenvalue weighted by Gasteiger charge is -2.39. The lowest BCUT2D eigenvalue weighted by Crippen LogP contribution is -2.51. The molecule has 1 saturated heterocycles. The van der Waals surface area contributed by atoms with Crippen molar-refractivity contribution >= 4 is 0 Å². The third-order valence-corrected chi connectivity index (χ3v) is 5.44. The van der Waals surface area contributed by atoms with Gasteiger partial charge in [-0.3, -0.25) is 4.90 Å². The first-order chi connectivity index (χ1) is 10.7. The largest absolute Gasteiger partial charge is 0.375 e. The fourth-order valence-corrected chi connectivity index (χ4v) is 3.84. The highest BCUT2D eigenvalue weighted by atomic mass is 16.5. The molecule has 2 saturated carbocycles. The van der Waals surface area contributed by atoms with Crippen LogP contribution in [0.15, 0.2) is 4.52 Å². The molecule has 0 aromatic carbocycles. The summed E-state index contributed by atoms with van der Waals surface area (Å²) in [5, 5.41) is 4.08. The number of aryl methyl sites for hydroxylation is 2. The van der Waals surface area contributed by atoms with Crippen molar-refractivity contribution < 1.29 is 14.0 Å². The number of nitrogens with zero attached hydrogens (tertiary/aromatic N) is 2. The first-order valence-electron chi connectivity index (χ1n) is 8.61. The number of fused-ring (bicyclic) bond motifs is 1. The topological polar surface area (TPSA) is 47.7 Å². The molecule has 0 N–H and O–H groups in total. The Morgan fingerprint density at radius 3 is 2.82 bits per heavy atom. The summed E-state index contributed by atoms with van der Waals surface area (Å²) in [5.74, 6) is 1.76. The Balaban J connectivity index is 1.41. The molecule has 1 aromatic rings. The molecular weight excluding hydrogens is 280 g/mol. The summed E-state index contributed by atoms with van der Waals surface area (Å²) in [6.07, 6.45) is 5.52. The number of hydrogen-bond donors (Lipinski definition) is 0. The highest BCUT2D eigenvalue weighted by Gasteiger charge is 2.44. The van der Waals surface area contributed by atoms with Gasteiger partial charge in [-0.2, -0.15) is 0 Å². The van der Waals surface area contributed by atoms with Gasteiger partial charge in [0.25, 0.3) is 0 Å². The summed E-state index contributed by atoms with van der Waals surface area (Å²) in [5.41, 5.74) is 2.25. The summed E-state index contributed by atoms with van der Waals surface area (Å²) in [6, 6.07) is 0.478. The summed E-state index contributed by atoms with van der Waals surface area (Å²) < 4.78 is 17.5. The Morgan fingerprint density at radius 1 is 1.23 bits per heavy atom. The minimum Gasteiger partial charge on any atom is -0.375 e. The van der Waals surface area contributed by atoms with E-state index in [9.17, 15) is 0 Å². The number of ether oxygens (including phenoxy) is 2. The maximum Gasteiger partial charge on any atom is 0.138 e. The van der Waals surface area contributed by atoms with Gasteiger partial charge in [-0.1, -0.05) is 5.16 Å². The highest BCUT2D eigenvalue weighted by Crippen LogP contribution is 2.36. The van der Waals surface area contributed by atoms with E-state index >= 15 is 0 Å². The fraction of sp³-hybridized carbons (Fsp3) is 0.824. The molecular formula is C17H26N2O3. The van der Waals surface area contributed by atoms with Gasteiger partial charge in [-0.15, -0.1) is 0 Å². The van der Waals surface area contributed by atoms with Crippen LogP contribution in [0, 0.1) is 19.8 Å². The zero-order valence-corrected chi connectivity index (χ0v) is 13.6. The lowest BCUT2D eigenvalue weighted by molar-refractivity contribution is -0.116. The fourth-order valence-electron chi connectivity index (χ4n) is 3.84. The van der Waals surface area contributed by atoms with Crippen molar-refractivity contribution in [3.8, 4) is 0 Å². The molecule has 1 aromatic heterocycles. The molecule has 3 atom stereocenters. The van der Waals surface area contributed by atoms with Crippen molar-refractivity contribution in [1.82, 2.24) is 10.1 Å². The summed E-state index contributed by atoms with van der Waals surface area (Å²) >= 11 is 0. The van der Waals surface area contributed by atoms with Gasteiger partial charge in [0.2, 0.25) is 0 Å². The number of morpholine rings is 1. The SMILES string of the molecule is Cc1noc(C)c1CN1CCO[C@H]2[C@H](OCC3CC3)CC[C@@H]21. The van der Waals surface area contributed by atoms with Gasteiger partial charge < -0.3 is 14.0 Å². The highest BCUT2D eigenvalue weighted by molar-refractivity contribution is 5.21. The van der Waals surface area contributed by atoms with Crippen molar-refractivity contribution in [3.63, 3.8) is 0 Å². The Kier molecular flexibility index (Phi) is 3.96. The first kappa shape index (κ1) is 14.7. The minimum absolute atomic E-state index is 0.243. The molecule has 5 heteroatoms. The van der Waals surface area contributed by atoms with Crippen molar-refractivity contribution in [1.29, 1.82) is 0 Å². The maximum absolute atomic E-state index is 6.14. The van der Waals surface area contributed by atoms with Crippen LogP contribution in [0.5, 0.6) is 0 Å². The second kappa shape index (κ2) is 5.95. The predicted octanol–water partition coefficient (Wildman–Crippen LogP) is 2.45. The van der Waals surface area contributed by atoms with Crippen LogP contribution in [-0.2, 0) is 16.0 Å². The van der Waals surface area contributed by atoms with E-state index in [1.807, 2.05) is 13.8 Å². The van der Waals surface area contributed by atoms with Gasteiger partial charge in [0.05, 0.1) is 24.5 Å². The minimum atomic E-state index is 0.243. The van der Waals surface area contributed by atoms with E-state index in [1.54, 1.807) is 0 Å². The molecule has 2 heterocycles. The summed E-state index contributed by atoms with van der Waals surface area (Å²) in [4.78, 5) is 2.54. The second-order valence-electron chi connectivity index (χ2n) is 7.07. The average molecular weight is 306 g/mol. The smallest absolute Gasteiger partial charge is 0.138 e. The molecule has 0 unspecified atom stereocenters. The summed E-state index contributed by atoms with van der Waals surface area (Å²) in [7, 11) is 0. The Labute approximate surface area is 131 Å². The molecule has 0 spiro atoms. The van der Waals surface area contributed by atoms with E-state index in [0.717, 1.165) is 50.1 Å². The Bertz CT molecular complexity index is 506. The zero-order valence-electron chi connectivity index (χ0n) is 13.6. The van der Waals surface area contributed by atoms with Crippen LogP contribution in [0.1, 0.15) is 42.7 Å². The van der Waals surface area contributed by atoms with E-state index in [2.05, 4.69) is 10.1 Å². The molecule has 1 aliphatic heterocycles. The van der Waals surface area contributed by atoms with Gasteiger partial charge in [-0.05, 0) is 45.4 Å². The van der Waals surface area contributed by atoms with Gasteiger partial charge in [0.15, 0.2) is 0 Å². The van der Waals surface area contributed by atoms with Crippen molar-refractivity contribution in [2.75, 3.05) is 19.8 Å². The molecule has 0 radical (unpaired) electrons. The van der Waals surface area contributed by atoms with Gasteiger partial charge >= 0.3 is 0 Å². The average Bonchev–Trinajstić information content (AvgIpc) is 3.18. The normalized spacial score (nSPS) is 32.4. The van der Waals surface area contributed by atoms with Crippen molar-refractivity contribution in [2.24, 2.45) is 5.92 Å². The van der Waals surface area contributed by atoms with Gasteiger partial charge in [0, 0.05) is 31.3 Å². The Morgan fingerprint density at radius 2 is 2.09 bits per heavy atom. The Hall–Kier alpha value is -0.910. The molecule has 4 rings (SSSR count). The van der Waals surface area contributed by atoms with E-state index in [1.165, 1.54) is 24.8 Å². The van der Waals surface area contributed by atoms with Gasteiger partial charge in [0.1, 0.15) is 5.76 Å². The number of rotatable bonds is 5. The predicted molar refractivity (Wildman–Crippen MR) is 81.6 cm³/mol. The number of aromatic nitrogens is 1. The van der Waals surface area contributed by atoms with Crippen LogP contribution in [0.25, 0.3) is 0 Å². The van der Waals surface area contributed by atoms with Crippen LogP contribution < -0.4 is 0 Å². The molecule has 0 bridgehead atoms. The van der Waals surface area contributed by atoms with Crippen LogP contribution in [-0.4, -0.2) is 48.1 Å². The molecule has 2 aliphatic carbocycles. The monoisotopic (exact) mass is 306 g/mol. The van der Waals surface area contributed by atoms with Crippen molar-refractivity contribution in [3.05, 3.63) is 17.0 Å². The van der Waals surface area contributed by atoms with Crippen LogP contribution >= 0.6 is 0 Å². The maximum atomic E-state index is 6.14. The third kappa shape index (κ3) is 2.82. The van der Waals surface area contributed by atoms with Crippen molar-refractivity contribution in [2.45, 2.75) is 64.3 Å². The van der Waals surface area contributed by atoms with E-state index < -0.39 is 0 Å². The molecule has 122 valence electrons. The van der Waals surface area contributed by atoms with E-state index in [4.69, 9.17) is 14.0 Å². The first-order valence-corrected chi connectivity index (χ1v) is 8.61. The molecule has 22 heavy (non-hydrogen) atoms. The zero-order chi connectivity index (χ0) is 15.1. The quantitative estimate of drug-likeness (QED) is 0.836. The van der Waals surface area contributed by atoms with E-state index in [0.29, 0.717) is 6.04 Å². The second-order valence-corrected chi connectivity index (χ2v) is 7.07. The lowest BCUT2D eigenvalue weighted by atomic mass is 10.1. The van der Waals surface area contributed by atoms with Crippen LogP contribution in [0.4, 0.5) is 0 Å². The number of hydrogen-bond acceptors (Lipinski definition) is 5. The van der Waals surface area contributed by atoms with Crippen LogP contribution in [0.2, 0.25) is 0 Å². The molecule has 5 nitrogen and oxygen atoms in total.